The smallest absolute Gasteiger partial charge is 0.276 e. The molecule has 0 atom stereocenters. The highest BCUT2D eigenvalue weighted by Gasteiger charge is 2.08. The molecule has 2 N–H and O–H groups in total. The van der Waals surface area contributed by atoms with Crippen LogP contribution in [0.25, 0.3) is 0 Å². The van der Waals surface area contributed by atoms with Crippen molar-refractivity contribution in [3.8, 4) is 5.75 Å². The van der Waals surface area contributed by atoms with Crippen molar-refractivity contribution in [1.29, 1.82) is 0 Å². The topological polar surface area (TPSA) is 67.4 Å². The lowest BCUT2D eigenvalue weighted by Crippen LogP contribution is -2.43. The maximum atomic E-state index is 11.9. The van der Waals surface area contributed by atoms with Crippen LogP contribution in [0.15, 0.2) is 42.5 Å². The van der Waals surface area contributed by atoms with Gasteiger partial charge in [-0.3, -0.25) is 20.4 Å². The van der Waals surface area contributed by atoms with Gasteiger partial charge in [0, 0.05) is 9.13 Å². The van der Waals surface area contributed by atoms with Gasteiger partial charge in [-0.2, -0.15) is 0 Å². The first-order valence-corrected chi connectivity index (χ1v) is 8.08. The Morgan fingerprint density at radius 2 is 1.74 bits per heavy atom. The second-order valence-corrected chi connectivity index (χ2v) is 6.31. The minimum atomic E-state index is -0.426. The van der Waals surface area contributed by atoms with E-state index in [9.17, 15) is 9.59 Å². The van der Waals surface area contributed by atoms with Crippen LogP contribution in [0, 0.1) is 17.4 Å². The van der Waals surface area contributed by atoms with E-state index in [-0.39, 0.29) is 12.5 Å². The van der Waals surface area contributed by atoms with E-state index in [4.69, 9.17) is 4.74 Å². The van der Waals surface area contributed by atoms with E-state index in [0.717, 1.165) is 14.7 Å². The summed E-state index contributed by atoms with van der Waals surface area (Å²) in [7, 11) is 0. The third-order valence-corrected chi connectivity index (χ3v) is 3.84. The Morgan fingerprint density at radius 1 is 1.04 bits per heavy atom. The van der Waals surface area contributed by atoms with Crippen molar-refractivity contribution in [3.63, 3.8) is 0 Å². The molecule has 0 heterocycles. The molecule has 23 heavy (non-hydrogen) atoms. The molecule has 2 aromatic rings. The van der Waals surface area contributed by atoms with Crippen LogP contribution in [0.4, 0.5) is 0 Å². The molecule has 2 aromatic carbocycles. The second-order valence-electron chi connectivity index (χ2n) is 5.07. The lowest BCUT2D eigenvalue weighted by atomic mass is 10.1. The van der Waals surface area contributed by atoms with Crippen molar-refractivity contribution in [1.82, 2.24) is 10.9 Å². The minimum absolute atomic E-state index is 0.169. The fraction of sp³-hybridized carbons (Fsp3) is 0.176. The number of carbonyl (C=O) groups excluding carboxylic acids is 2. The Hall–Kier alpha value is -2.09. The van der Waals surface area contributed by atoms with E-state index in [1.54, 1.807) is 12.1 Å². The normalized spacial score (nSPS) is 10.0. The molecule has 0 bridgehead atoms. The molecule has 6 heteroatoms. The number of amides is 2. The van der Waals surface area contributed by atoms with Gasteiger partial charge in [0.15, 0.2) is 6.61 Å². The lowest BCUT2D eigenvalue weighted by molar-refractivity contribution is -0.123. The van der Waals surface area contributed by atoms with Crippen molar-refractivity contribution in [2.24, 2.45) is 0 Å². The van der Waals surface area contributed by atoms with Gasteiger partial charge in [0.25, 0.3) is 11.8 Å². The zero-order valence-corrected chi connectivity index (χ0v) is 15.0. The Morgan fingerprint density at radius 3 is 2.43 bits per heavy atom. The first-order chi connectivity index (χ1) is 11.0. The summed E-state index contributed by atoms with van der Waals surface area (Å²) in [6.07, 6.45) is 0. The fourth-order valence-electron chi connectivity index (χ4n) is 1.84. The standard InChI is InChI=1S/C17H17IN2O3/c1-11-3-4-12(2)15(9-11)23-10-16(21)19-20-17(22)13-5-7-14(18)8-6-13/h3-9H,10H2,1-2H3,(H,19,21)(H,20,22). The molecule has 0 saturated heterocycles. The molecule has 0 radical (unpaired) electrons. The summed E-state index contributed by atoms with van der Waals surface area (Å²) in [5.41, 5.74) is 7.17. The Kier molecular flexibility index (Phi) is 5.97. The maximum Gasteiger partial charge on any atom is 0.276 e. The largest absolute Gasteiger partial charge is 0.483 e. The predicted octanol–water partition coefficient (Wildman–Crippen LogP) is 2.75. The molecular formula is C17H17IN2O3. The lowest BCUT2D eigenvalue weighted by Gasteiger charge is -2.11. The van der Waals surface area contributed by atoms with E-state index in [2.05, 4.69) is 33.4 Å². The molecule has 0 aliphatic carbocycles. The van der Waals surface area contributed by atoms with Crippen molar-refractivity contribution in [2.45, 2.75) is 13.8 Å². The first-order valence-electron chi connectivity index (χ1n) is 7.00. The second kappa shape index (κ2) is 7.96. The van der Waals surface area contributed by atoms with Crippen LogP contribution in [0.2, 0.25) is 0 Å². The van der Waals surface area contributed by atoms with Crippen molar-refractivity contribution in [2.75, 3.05) is 6.61 Å². The average Bonchev–Trinajstić information content (AvgIpc) is 2.54. The summed E-state index contributed by atoms with van der Waals surface area (Å²) in [4.78, 5) is 23.6. The first kappa shape index (κ1) is 17.3. The van der Waals surface area contributed by atoms with Gasteiger partial charge in [-0.15, -0.1) is 0 Å². The summed E-state index contributed by atoms with van der Waals surface area (Å²) in [6, 6.07) is 12.8. The zero-order valence-electron chi connectivity index (χ0n) is 12.9. The Bertz CT molecular complexity index is 714. The number of hydrogen-bond acceptors (Lipinski definition) is 3. The Labute approximate surface area is 148 Å². The van der Waals surface area contributed by atoms with Crippen LogP contribution >= 0.6 is 22.6 Å². The number of hydrogen-bond donors (Lipinski definition) is 2. The highest BCUT2D eigenvalue weighted by Crippen LogP contribution is 2.18. The van der Waals surface area contributed by atoms with Crippen LogP contribution in [0.5, 0.6) is 5.75 Å². The van der Waals surface area contributed by atoms with Gasteiger partial charge in [0.1, 0.15) is 5.75 Å². The molecule has 2 rings (SSSR count). The monoisotopic (exact) mass is 424 g/mol. The SMILES string of the molecule is Cc1ccc(C)c(OCC(=O)NNC(=O)c2ccc(I)cc2)c1. The molecule has 0 aliphatic rings. The maximum absolute atomic E-state index is 11.9. The number of nitrogens with one attached hydrogen (secondary N) is 2. The van der Waals surface area contributed by atoms with Gasteiger partial charge < -0.3 is 4.74 Å². The van der Waals surface area contributed by atoms with Crippen molar-refractivity contribution < 1.29 is 14.3 Å². The summed E-state index contributed by atoms with van der Waals surface area (Å²) >= 11 is 2.16. The van der Waals surface area contributed by atoms with E-state index >= 15 is 0 Å². The quantitative estimate of drug-likeness (QED) is 0.586. The van der Waals surface area contributed by atoms with E-state index < -0.39 is 5.91 Å². The highest BCUT2D eigenvalue weighted by atomic mass is 127. The van der Waals surface area contributed by atoms with Crippen molar-refractivity contribution in [3.05, 3.63) is 62.7 Å². The van der Waals surface area contributed by atoms with Crippen LogP contribution < -0.4 is 15.6 Å². The Balaban J connectivity index is 1.82. The molecule has 0 aliphatic heterocycles. The van der Waals surface area contributed by atoms with Crippen molar-refractivity contribution >= 4 is 34.4 Å². The average molecular weight is 424 g/mol. The number of aryl methyl sites for hydroxylation is 2. The number of benzene rings is 2. The molecule has 0 fully saturated rings. The van der Waals surface area contributed by atoms with Gasteiger partial charge in [0.05, 0.1) is 0 Å². The zero-order chi connectivity index (χ0) is 16.8. The van der Waals surface area contributed by atoms with Gasteiger partial charge in [-0.25, -0.2) is 0 Å². The number of hydrazine groups is 1. The molecule has 0 unspecified atom stereocenters. The minimum Gasteiger partial charge on any atom is -0.483 e. The van der Waals surface area contributed by atoms with E-state index in [1.807, 2.05) is 44.2 Å². The molecule has 0 spiro atoms. The third kappa shape index (κ3) is 5.24. The van der Waals surface area contributed by atoms with Gasteiger partial charge >= 0.3 is 0 Å². The van der Waals surface area contributed by atoms with Gasteiger partial charge in [-0.1, -0.05) is 12.1 Å². The van der Waals surface area contributed by atoms with Crippen LogP contribution in [-0.4, -0.2) is 18.4 Å². The highest BCUT2D eigenvalue weighted by molar-refractivity contribution is 14.1. The molecule has 120 valence electrons. The van der Waals surface area contributed by atoms with Gasteiger partial charge in [0.2, 0.25) is 0 Å². The fourth-order valence-corrected chi connectivity index (χ4v) is 2.20. The van der Waals surface area contributed by atoms with Gasteiger partial charge in [-0.05, 0) is 77.9 Å². The predicted molar refractivity (Wildman–Crippen MR) is 96.2 cm³/mol. The molecule has 2 amide bonds. The van der Waals surface area contributed by atoms with Crippen LogP contribution in [0.3, 0.4) is 0 Å². The van der Waals surface area contributed by atoms with E-state index in [0.29, 0.717) is 11.3 Å². The molecule has 5 nitrogen and oxygen atoms in total. The number of rotatable bonds is 4. The van der Waals surface area contributed by atoms with Crippen LogP contribution in [0.1, 0.15) is 21.5 Å². The molecule has 0 aromatic heterocycles. The summed E-state index contributed by atoms with van der Waals surface area (Å²) in [6.45, 7) is 3.69. The number of halogens is 1. The summed E-state index contributed by atoms with van der Waals surface area (Å²) in [5, 5.41) is 0. The van der Waals surface area contributed by atoms with E-state index in [1.165, 1.54) is 0 Å². The number of carbonyl (C=O) groups is 2. The summed E-state index contributed by atoms with van der Waals surface area (Å²) < 4.78 is 6.50. The van der Waals surface area contributed by atoms with Crippen LogP contribution in [-0.2, 0) is 4.79 Å². The molecular weight excluding hydrogens is 407 g/mol. The molecule has 0 saturated carbocycles. The third-order valence-electron chi connectivity index (χ3n) is 3.12. The number of ether oxygens (including phenoxy) is 1. The summed E-state index contributed by atoms with van der Waals surface area (Å²) in [5.74, 6) is -0.143.